The molecule has 0 spiro atoms. The Morgan fingerprint density at radius 3 is 2.64 bits per heavy atom. The van der Waals surface area contributed by atoms with Crippen LogP contribution in [-0.4, -0.2) is 58.1 Å². The number of anilines is 2. The van der Waals surface area contributed by atoms with Crippen molar-refractivity contribution in [2.45, 2.75) is 12.5 Å². The number of amides is 1. The van der Waals surface area contributed by atoms with Crippen molar-refractivity contribution in [2.24, 2.45) is 0 Å². The van der Waals surface area contributed by atoms with Crippen LogP contribution in [-0.2, 0) is 19.0 Å². The molecule has 2 aliphatic heterocycles. The summed E-state index contributed by atoms with van der Waals surface area (Å²) in [6, 6.07) is 2.12. The maximum Gasteiger partial charge on any atom is 0.415 e. The Balaban J connectivity index is 1.84. The molecule has 2 heterocycles. The number of esters is 1. The highest BCUT2D eigenvalue weighted by atomic mass is 19.1. The Morgan fingerprint density at radius 1 is 1.24 bits per heavy atom. The number of nitrogens with zero attached hydrogens (tertiary/aromatic N) is 2. The van der Waals surface area contributed by atoms with Crippen LogP contribution in [0.2, 0.25) is 0 Å². The van der Waals surface area contributed by atoms with E-state index in [1.807, 2.05) is 0 Å². The Hall–Kier alpha value is -2.42. The minimum absolute atomic E-state index is 0.0128. The molecule has 2 saturated heterocycles. The molecule has 9 heteroatoms. The van der Waals surface area contributed by atoms with Gasteiger partial charge in [0.05, 0.1) is 25.9 Å². The molecule has 0 aliphatic carbocycles. The van der Waals surface area contributed by atoms with E-state index in [1.54, 1.807) is 4.90 Å². The Kier molecular flexibility index (Phi) is 5.03. The quantitative estimate of drug-likeness (QED) is 0.768. The van der Waals surface area contributed by atoms with Crippen LogP contribution in [0.1, 0.15) is 6.42 Å². The number of cyclic esters (lactones) is 1. The van der Waals surface area contributed by atoms with Crippen molar-refractivity contribution >= 4 is 23.4 Å². The molecule has 2 fully saturated rings. The lowest BCUT2D eigenvalue weighted by Crippen LogP contribution is -2.30. The molecule has 7 nitrogen and oxygen atoms in total. The first-order valence-electron chi connectivity index (χ1n) is 7.89. The van der Waals surface area contributed by atoms with Crippen molar-refractivity contribution in [2.75, 3.05) is 49.8 Å². The van der Waals surface area contributed by atoms with Crippen molar-refractivity contribution in [3.63, 3.8) is 0 Å². The fourth-order valence-electron chi connectivity index (χ4n) is 2.91. The second-order valence-electron chi connectivity index (χ2n) is 5.72. The van der Waals surface area contributed by atoms with Crippen LogP contribution < -0.4 is 9.80 Å². The topological polar surface area (TPSA) is 68.3 Å². The highest BCUT2D eigenvalue weighted by Crippen LogP contribution is 2.31. The molecule has 1 unspecified atom stereocenters. The van der Waals surface area contributed by atoms with Gasteiger partial charge in [-0.2, -0.15) is 0 Å². The number of hydrogen-bond acceptors (Lipinski definition) is 6. The average Bonchev–Trinajstić information content (AvgIpc) is 2.79. The van der Waals surface area contributed by atoms with E-state index < -0.39 is 29.8 Å². The summed E-state index contributed by atoms with van der Waals surface area (Å²) < 4.78 is 43.7. The van der Waals surface area contributed by atoms with E-state index in [2.05, 4.69) is 4.74 Å². The molecule has 0 bridgehead atoms. The molecule has 25 heavy (non-hydrogen) atoms. The number of hydrogen-bond donors (Lipinski definition) is 0. The summed E-state index contributed by atoms with van der Waals surface area (Å²) in [6.45, 7) is 1.63. The van der Waals surface area contributed by atoms with Crippen LogP contribution in [0.25, 0.3) is 0 Å². The molecular weight excluding hydrogens is 338 g/mol. The average molecular weight is 356 g/mol. The monoisotopic (exact) mass is 356 g/mol. The van der Waals surface area contributed by atoms with E-state index in [0.29, 0.717) is 32.7 Å². The van der Waals surface area contributed by atoms with E-state index in [1.165, 1.54) is 0 Å². The zero-order valence-corrected chi connectivity index (χ0v) is 13.7. The maximum absolute atomic E-state index is 14.5. The van der Waals surface area contributed by atoms with Gasteiger partial charge in [0.25, 0.3) is 0 Å². The molecule has 1 aromatic rings. The SMILES string of the molecule is COC(=O)C1CN(c2cc(F)c(N3CCCOCC3)c(F)c2)C(=O)O1. The van der Waals surface area contributed by atoms with Crippen molar-refractivity contribution < 1.29 is 32.6 Å². The number of benzene rings is 1. The summed E-state index contributed by atoms with van der Waals surface area (Å²) in [5, 5.41) is 0. The first-order chi connectivity index (χ1) is 12.0. The normalized spacial score (nSPS) is 21.1. The van der Waals surface area contributed by atoms with Gasteiger partial charge in [-0.15, -0.1) is 0 Å². The zero-order valence-electron chi connectivity index (χ0n) is 13.7. The van der Waals surface area contributed by atoms with Gasteiger partial charge in [-0.1, -0.05) is 0 Å². The summed E-state index contributed by atoms with van der Waals surface area (Å²) in [5.74, 6) is -2.30. The highest BCUT2D eigenvalue weighted by Gasteiger charge is 2.38. The number of methoxy groups -OCH3 is 1. The van der Waals surface area contributed by atoms with E-state index in [9.17, 15) is 18.4 Å². The van der Waals surface area contributed by atoms with E-state index in [4.69, 9.17) is 9.47 Å². The molecule has 3 rings (SSSR count). The Morgan fingerprint density at radius 2 is 1.96 bits per heavy atom. The number of ether oxygens (including phenoxy) is 3. The second kappa shape index (κ2) is 7.22. The zero-order chi connectivity index (χ0) is 18.0. The molecule has 1 aromatic carbocycles. The summed E-state index contributed by atoms with van der Waals surface area (Å²) in [7, 11) is 1.16. The molecule has 0 radical (unpaired) electrons. The largest absolute Gasteiger partial charge is 0.466 e. The van der Waals surface area contributed by atoms with Gasteiger partial charge in [-0.25, -0.2) is 18.4 Å². The van der Waals surface area contributed by atoms with Gasteiger partial charge >= 0.3 is 12.1 Å². The van der Waals surface area contributed by atoms with Crippen molar-refractivity contribution in [1.82, 2.24) is 0 Å². The predicted octanol–water partition coefficient (Wildman–Crippen LogP) is 1.69. The molecule has 0 aromatic heterocycles. The van der Waals surface area contributed by atoms with Crippen molar-refractivity contribution in [1.29, 1.82) is 0 Å². The molecule has 1 amide bonds. The maximum atomic E-state index is 14.5. The van der Waals surface area contributed by atoms with Gasteiger partial charge < -0.3 is 19.1 Å². The van der Waals surface area contributed by atoms with Crippen LogP contribution in [0.3, 0.4) is 0 Å². The second-order valence-corrected chi connectivity index (χ2v) is 5.72. The van der Waals surface area contributed by atoms with Gasteiger partial charge in [0.2, 0.25) is 6.10 Å². The van der Waals surface area contributed by atoms with Crippen LogP contribution in [0.15, 0.2) is 12.1 Å². The van der Waals surface area contributed by atoms with Gasteiger partial charge in [0.15, 0.2) is 11.6 Å². The van der Waals surface area contributed by atoms with Gasteiger partial charge in [-0.3, -0.25) is 4.90 Å². The molecule has 0 N–H and O–H groups in total. The van der Waals surface area contributed by atoms with Crippen LogP contribution in [0.5, 0.6) is 0 Å². The molecule has 0 saturated carbocycles. The lowest BCUT2D eigenvalue weighted by molar-refractivity contribution is -0.148. The number of carbonyl (C=O) groups is 2. The fourth-order valence-corrected chi connectivity index (χ4v) is 2.91. The third kappa shape index (κ3) is 3.51. The molecule has 1 atom stereocenters. The van der Waals surface area contributed by atoms with E-state index in [-0.39, 0.29) is 17.9 Å². The third-order valence-corrected chi connectivity index (χ3v) is 4.13. The molecular formula is C16H18F2N2O5. The van der Waals surface area contributed by atoms with Crippen LogP contribution in [0, 0.1) is 11.6 Å². The summed E-state index contributed by atoms with van der Waals surface area (Å²) in [6.07, 6.45) is -1.31. The smallest absolute Gasteiger partial charge is 0.415 e. The van der Waals surface area contributed by atoms with Crippen molar-refractivity contribution in [3.8, 4) is 0 Å². The number of halogens is 2. The minimum atomic E-state index is -1.12. The minimum Gasteiger partial charge on any atom is -0.466 e. The van der Waals surface area contributed by atoms with E-state index >= 15 is 0 Å². The first kappa shape index (κ1) is 17.4. The summed E-state index contributed by atoms with van der Waals surface area (Å²) >= 11 is 0. The van der Waals surface area contributed by atoms with Gasteiger partial charge in [0, 0.05) is 31.8 Å². The van der Waals surface area contributed by atoms with Crippen LogP contribution in [0.4, 0.5) is 25.0 Å². The molecule has 2 aliphatic rings. The first-order valence-corrected chi connectivity index (χ1v) is 7.89. The van der Waals surface area contributed by atoms with Crippen molar-refractivity contribution in [3.05, 3.63) is 23.8 Å². The standard InChI is InChI=1S/C16H18F2N2O5/c1-23-15(21)13-9-20(16(22)25-13)10-7-11(17)14(12(18)8-10)19-3-2-5-24-6-4-19/h7-8,13H,2-6,9H2,1H3. The molecule has 136 valence electrons. The van der Waals surface area contributed by atoms with Crippen LogP contribution >= 0.6 is 0 Å². The summed E-state index contributed by atoms with van der Waals surface area (Å²) in [5.41, 5.74) is -0.160. The third-order valence-electron chi connectivity index (χ3n) is 4.13. The Labute approximate surface area is 143 Å². The van der Waals surface area contributed by atoms with Gasteiger partial charge in [0.1, 0.15) is 5.69 Å². The highest BCUT2D eigenvalue weighted by molar-refractivity contribution is 5.94. The lowest BCUT2D eigenvalue weighted by atomic mass is 10.2. The van der Waals surface area contributed by atoms with E-state index in [0.717, 1.165) is 24.1 Å². The summed E-state index contributed by atoms with van der Waals surface area (Å²) in [4.78, 5) is 25.9. The lowest BCUT2D eigenvalue weighted by Gasteiger charge is -2.24. The fraction of sp³-hybridized carbons (Fsp3) is 0.500. The Bertz CT molecular complexity index is 653. The number of carbonyl (C=O) groups excluding carboxylic acids is 2. The van der Waals surface area contributed by atoms with Gasteiger partial charge in [-0.05, 0) is 6.42 Å². The number of rotatable bonds is 3. The predicted molar refractivity (Wildman–Crippen MR) is 83.6 cm³/mol.